The molecule has 332 valence electrons. The van der Waals surface area contributed by atoms with Crippen molar-refractivity contribution in [1.82, 2.24) is 25.1 Å². The number of nitrogens with zero attached hydrogens (tertiary/aromatic N) is 6. The molecule has 8 rings (SSSR count). The SMILES string of the molecule is CCOC(=O)c1cnc(N2CCN(C(=O)N[C@@H](C)c3cccc4ccccc34)CC2)c(Cl)c1.CCOC(=O)c1cnc(N2CCN(C(=O)Nc3cccc4ccccc34)CC2)c(Cl)c1. The van der Waals surface area contributed by atoms with Crippen LogP contribution in [0.15, 0.2) is 109 Å². The number of esters is 2. The predicted molar refractivity (Wildman–Crippen MR) is 252 cm³/mol. The number of halogens is 2. The summed E-state index contributed by atoms with van der Waals surface area (Å²) in [6.45, 7) is 10.6. The minimum absolute atomic E-state index is 0.0909. The van der Waals surface area contributed by atoms with Crippen LogP contribution in [0.25, 0.3) is 21.5 Å². The number of carbonyl (C=O) groups is 4. The summed E-state index contributed by atoms with van der Waals surface area (Å²) < 4.78 is 9.98. The third-order valence-electron chi connectivity index (χ3n) is 11.1. The van der Waals surface area contributed by atoms with E-state index in [1.807, 2.05) is 77.4 Å². The Morgan fingerprint density at radius 1 is 0.609 bits per heavy atom. The maximum absolute atomic E-state index is 12.9. The number of amides is 4. The summed E-state index contributed by atoms with van der Waals surface area (Å²) in [5.74, 6) is 0.316. The van der Waals surface area contributed by atoms with Crippen LogP contribution in [0.5, 0.6) is 0 Å². The molecule has 0 radical (unpaired) electrons. The molecule has 2 fully saturated rings. The van der Waals surface area contributed by atoms with Crippen molar-refractivity contribution in [2.24, 2.45) is 0 Å². The van der Waals surface area contributed by atoms with E-state index >= 15 is 0 Å². The van der Waals surface area contributed by atoms with Gasteiger partial charge in [0.2, 0.25) is 0 Å². The molecule has 0 bridgehead atoms. The summed E-state index contributed by atoms with van der Waals surface area (Å²) in [4.78, 5) is 65.8. The first-order valence-corrected chi connectivity index (χ1v) is 22.0. The summed E-state index contributed by atoms with van der Waals surface area (Å²) in [6.07, 6.45) is 2.95. The lowest BCUT2D eigenvalue weighted by atomic mass is 10.00. The minimum atomic E-state index is -0.446. The molecule has 2 N–H and O–H groups in total. The van der Waals surface area contributed by atoms with Gasteiger partial charge in [-0.1, -0.05) is 102 Å². The molecular weight excluding hydrogens is 855 g/mol. The zero-order chi connectivity index (χ0) is 45.2. The second-order valence-corrected chi connectivity index (χ2v) is 16.0. The van der Waals surface area contributed by atoms with Crippen LogP contribution in [0, 0.1) is 0 Å². The fraction of sp³-hybridized carbons (Fsp3) is 0.292. The number of fused-ring (bicyclic) bond motifs is 2. The average Bonchev–Trinajstić information content (AvgIpc) is 3.32. The molecule has 4 aromatic carbocycles. The van der Waals surface area contributed by atoms with Crippen LogP contribution in [0.1, 0.15) is 53.1 Å². The Kier molecular flexibility index (Phi) is 15.0. The molecular formula is C48H50Cl2N8O6. The molecule has 0 aliphatic carbocycles. The molecule has 0 unspecified atom stereocenters. The van der Waals surface area contributed by atoms with Gasteiger partial charge in [-0.3, -0.25) is 0 Å². The maximum atomic E-state index is 12.9. The largest absolute Gasteiger partial charge is 0.462 e. The Bertz CT molecular complexity index is 2620. The van der Waals surface area contributed by atoms with Crippen LogP contribution in [-0.4, -0.2) is 109 Å². The molecule has 2 aromatic heterocycles. The zero-order valence-electron chi connectivity index (χ0n) is 35.9. The van der Waals surface area contributed by atoms with Crippen LogP contribution in [0.4, 0.5) is 26.9 Å². The molecule has 2 aliphatic rings. The van der Waals surface area contributed by atoms with Gasteiger partial charge in [-0.25, -0.2) is 29.1 Å². The molecule has 14 nitrogen and oxygen atoms in total. The van der Waals surface area contributed by atoms with Crippen molar-refractivity contribution in [3.8, 4) is 0 Å². The van der Waals surface area contributed by atoms with E-state index in [1.165, 1.54) is 12.4 Å². The number of aromatic nitrogens is 2. The third-order valence-corrected chi connectivity index (χ3v) is 11.6. The standard InChI is InChI=1S/C25H27ClN4O3.C23H23ClN4O3/c1-3-33-24(31)19-15-22(26)23(27-16-19)29-11-13-30(14-12-29)25(32)28-17(2)20-10-6-8-18-7-4-5-9-21(18)20;1-2-31-22(29)17-14-19(24)21(25-15-17)27-10-12-28(13-11-27)23(30)26-20-9-5-7-16-6-3-4-8-18(16)20/h4-10,15-17H,3,11-14H2,1-2H3,(H,28,32);3-9,14-15H,2,10-13H2,1H3,(H,26,30)/t17-;/m0./s1. The molecule has 2 aliphatic heterocycles. The van der Waals surface area contributed by atoms with Gasteiger partial charge in [0, 0.05) is 70.1 Å². The Labute approximate surface area is 382 Å². The molecule has 16 heteroatoms. The van der Waals surface area contributed by atoms with E-state index in [-0.39, 0.29) is 18.1 Å². The lowest BCUT2D eigenvalue weighted by molar-refractivity contribution is 0.0516. The van der Waals surface area contributed by atoms with E-state index < -0.39 is 11.9 Å². The van der Waals surface area contributed by atoms with E-state index in [4.69, 9.17) is 32.7 Å². The molecule has 2 saturated heterocycles. The number of urea groups is 2. The van der Waals surface area contributed by atoms with Crippen molar-refractivity contribution in [3.05, 3.63) is 136 Å². The Morgan fingerprint density at radius 3 is 1.58 bits per heavy atom. The Morgan fingerprint density at radius 2 is 1.06 bits per heavy atom. The smallest absolute Gasteiger partial charge is 0.339 e. The summed E-state index contributed by atoms with van der Waals surface area (Å²) in [5, 5.41) is 11.3. The molecule has 1 atom stereocenters. The summed E-state index contributed by atoms with van der Waals surface area (Å²) in [5.41, 5.74) is 2.54. The highest BCUT2D eigenvalue weighted by Crippen LogP contribution is 2.29. The Balaban J connectivity index is 0.000000192. The number of pyridine rings is 2. The number of piperazine rings is 2. The number of carbonyl (C=O) groups excluding carboxylic acids is 4. The number of ether oxygens (including phenoxy) is 2. The van der Waals surface area contributed by atoms with Crippen LogP contribution in [0.2, 0.25) is 10.0 Å². The maximum Gasteiger partial charge on any atom is 0.339 e. The molecule has 6 aromatic rings. The van der Waals surface area contributed by atoms with Crippen LogP contribution >= 0.6 is 23.2 Å². The number of hydrogen-bond acceptors (Lipinski definition) is 10. The van der Waals surface area contributed by atoms with E-state index in [0.29, 0.717) is 98.4 Å². The molecule has 64 heavy (non-hydrogen) atoms. The number of anilines is 3. The first kappa shape index (κ1) is 45.4. The molecule has 0 spiro atoms. The quantitative estimate of drug-likeness (QED) is 0.135. The van der Waals surface area contributed by atoms with Gasteiger partial charge in [0.25, 0.3) is 0 Å². The average molecular weight is 906 g/mol. The van der Waals surface area contributed by atoms with Gasteiger partial charge in [-0.2, -0.15) is 0 Å². The van der Waals surface area contributed by atoms with Crippen LogP contribution < -0.4 is 20.4 Å². The zero-order valence-corrected chi connectivity index (χ0v) is 37.4. The van der Waals surface area contributed by atoms with Crippen molar-refractivity contribution in [3.63, 3.8) is 0 Å². The van der Waals surface area contributed by atoms with Gasteiger partial charge in [0.05, 0.1) is 46.1 Å². The van der Waals surface area contributed by atoms with Gasteiger partial charge in [0.1, 0.15) is 11.6 Å². The normalized spacial score (nSPS) is 14.3. The van der Waals surface area contributed by atoms with Crippen molar-refractivity contribution >= 4 is 86.1 Å². The first-order valence-electron chi connectivity index (χ1n) is 21.3. The van der Waals surface area contributed by atoms with Gasteiger partial charge in [0.15, 0.2) is 0 Å². The van der Waals surface area contributed by atoms with Gasteiger partial charge in [-0.05, 0) is 60.7 Å². The fourth-order valence-electron chi connectivity index (χ4n) is 7.73. The minimum Gasteiger partial charge on any atom is -0.462 e. The molecule has 4 amide bonds. The van der Waals surface area contributed by atoms with E-state index in [1.54, 1.807) is 35.8 Å². The molecule has 0 saturated carbocycles. The number of hydrogen-bond donors (Lipinski definition) is 2. The van der Waals surface area contributed by atoms with Crippen LogP contribution in [0.3, 0.4) is 0 Å². The highest BCUT2D eigenvalue weighted by molar-refractivity contribution is 6.33. The summed E-state index contributed by atoms with van der Waals surface area (Å²) in [7, 11) is 0. The van der Waals surface area contributed by atoms with E-state index in [0.717, 1.165) is 32.8 Å². The number of benzene rings is 4. The topological polar surface area (TPSA) is 150 Å². The summed E-state index contributed by atoms with van der Waals surface area (Å²) >= 11 is 12.7. The third kappa shape index (κ3) is 10.7. The van der Waals surface area contributed by atoms with Gasteiger partial charge >= 0.3 is 24.0 Å². The predicted octanol–water partition coefficient (Wildman–Crippen LogP) is 9.08. The monoisotopic (exact) mass is 904 g/mol. The van der Waals surface area contributed by atoms with Crippen molar-refractivity contribution in [1.29, 1.82) is 0 Å². The van der Waals surface area contributed by atoms with Gasteiger partial charge in [-0.15, -0.1) is 0 Å². The van der Waals surface area contributed by atoms with Crippen molar-refractivity contribution in [2.75, 3.05) is 80.7 Å². The van der Waals surface area contributed by atoms with Crippen molar-refractivity contribution < 1.29 is 28.7 Å². The highest BCUT2D eigenvalue weighted by atomic mass is 35.5. The summed E-state index contributed by atoms with van der Waals surface area (Å²) in [6, 6.07) is 31.0. The lowest BCUT2D eigenvalue weighted by Crippen LogP contribution is -2.52. The first-order chi connectivity index (χ1) is 31.0. The Hall–Kier alpha value is -6.64. The van der Waals surface area contributed by atoms with E-state index in [2.05, 4.69) is 44.9 Å². The van der Waals surface area contributed by atoms with Gasteiger partial charge < -0.3 is 39.7 Å². The number of rotatable bonds is 9. The van der Waals surface area contributed by atoms with Crippen molar-refractivity contribution in [2.45, 2.75) is 26.8 Å². The second kappa shape index (κ2) is 21.2. The lowest BCUT2D eigenvalue weighted by Gasteiger charge is -2.36. The number of nitrogens with one attached hydrogen (secondary N) is 2. The van der Waals surface area contributed by atoms with Crippen LogP contribution in [-0.2, 0) is 9.47 Å². The molecule has 4 heterocycles. The fourth-order valence-corrected chi connectivity index (χ4v) is 8.30. The van der Waals surface area contributed by atoms with E-state index in [9.17, 15) is 19.2 Å². The second-order valence-electron chi connectivity index (χ2n) is 15.1. The highest BCUT2D eigenvalue weighted by Gasteiger charge is 2.27.